The Bertz CT molecular complexity index is 369. The highest BCUT2D eigenvalue weighted by molar-refractivity contribution is 5.96. The van der Waals surface area contributed by atoms with Crippen molar-refractivity contribution in [3.63, 3.8) is 0 Å². The molecule has 0 aliphatic carbocycles. The number of nitrogen functional groups attached to an aromatic ring is 1. The van der Waals surface area contributed by atoms with Gasteiger partial charge in [-0.25, -0.2) is 4.63 Å². The first-order valence-corrected chi connectivity index (χ1v) is 4.33. The van der Waals surface area contributed by atoms with Crippen LogP contribution >= 0.6 is 0 Å². The number of nitrogens with zero attached hydrogens (tertiary/aromatic N) is 3. The normalized spacial score (nSPS) is 25.9. The van der Waals surface area contributed by atoms with E-state index < -0.39 is 18.1 Å². The van der Waals surface area contributed by atoms with Crippen molar-refractivity contribution < 1.29 is 19.6 Å². The van der Waals surface area contributed by atoms with Crippen molar-refractivity contribution in [2.45, 2.75) is 12.2 Å². The smallest absolute Gasteiger partial charge is 0.280 e. The lowest BCUT2D eigenvalue weighted by Gasteiger charge is -2.12. The molecule has 0 radical (unpaired) electrons. The van der Waals surface area contributed by atoms with Crippen molar-refractivity contribution in [3.05, 3.63) is 5.69 Å². The van der Waals surface area contributed by atoms with Gasteiger partial charge in [-0.2, -0.15) is 0 Å². The molecule has 4 N–H and O–H groups in total. The molecule has 1 saturated heterocycles. The van der Waals surface area contributed by atoms with E-state index in [2.05, 4.69) is 14.9 Å². The predicted octanol–water partition coefficient (Wildman–Crippen LogP) is -2.17. The highest BCUT2D eigenvalue weighted by atomic mass is 16.6. The molecule has 1 aromatic heterocycles. The van der Waals surface area contributed by atoms with Gasteiger partial charge < -0.3 is 20.8 Å². The molecular weight excluding hydrogens is 204 g/mol. The second-order valence-electron chi connectivity index (χ2n) is 3.34. The van der Waals surface area contributed by atoms with Gasteiger partial charge >= 0.3 is 0 Å². The molecule has 1 amide bonds. The fourth-order valence-corrected chi connectivity index (χ4v) is 1.43. The minimum absolute atomic E-state index is 0.0479. The van der Waals surface area contributed by atoms with E-state index in [-0.39, 0.29) is 24.6 Å². The molecule has 1 aliphatic rings. The van der Waals surface area contributed by atoms with Crippen molar-refractivity contribution in [3.8, 4) is 0 Å². The zero-order valence-corrected chi connectivity index (χ0v) is 7.70. The van der Waals surface area contributed by atoms with E-state index in [1.54, 1.807) is 0 Å². The van der Waals surface area contributed by atoms with Crippen molar-refractivity contribution in [2.75, 3.05) is 18.8 Å². The topological polar surface area (TPSA) is 126 Å². The number of anilines is 1. The highest BCUT2D eigenvalue weighted by Gasteiger charge is 2.35. The Labute approximate surface area is 84.2 Å². The Kier molecular flexibility index (Phi) is 2.29. The quantitative estimate of drug-likeness (QED) is 0.485. The predicted molar refractivity (Wildman–Crippen MR) is 46.6 cm³/mol. The minimum Gasteiger partial charge on any atom is -0.388 e. The van der Waals surface area contributed by atoms with Crippen LogP contribution in [0.25, 0.3) is 0 Å². The third-order valence-electron chi connectivity index (χ3n) is 2.26. The number of hydrogen-bond donors (Lipinski definition) is 3. The Morgan fingerprint density at radius 1 is 1.40 bits per heavy atom. The molecule has 1 fully saturated rings. The van der Waals surface area contributed by atoms with E-state index in [1.807, 2.05) is 0 Å². The highest BCUT2D eigenvalue weighted by Crippen LogP contribution is 2.15. The summed E-state index contributed by atoms with van der Waals surface area (Å²) < 4.78 is 4.28. The molecule has 2 rings (SSSR count). The van der Waals surface area contributed by atoms with Crippen LogP contribution in [0.1, 0.15) is 10.5 Å². The average Bonchev–Trinajstić information content (AvgIpc) is 2.74. The fourth-order valence-electron chi connectivity index (χ4n) is 1.43. The summed E-state index contributed by atoms with van der Waals surface area (Å²) in [5.74, 6) is -0.611. The van der Waals surface area contributed by atoms with E-state index in [4.69, 9.17) is 5.73 Å². The maximum atomic E-state index is 11.7. The number of rotatable bonds is 1. The van der Waals surface area contributed by atoms with Gasteiger partial charge in [-0.1, -0.05) is 0 Å². The van der Waals surface area contributed by atoms with Crippen molar-refractivity contribution in [1.82, 2.24) is 15.2 Å². The molecule has 8 nitrogen and oxygen atoms in total. The number of carbonyl (C=O) groups is 1. The summed E-state index contributed by atoms with van der Waals surface area (Å²) in [6.45, 7) is 0.0958. The zero-order valence-electron chi connectivity index (χ0n) is 7.70. The summed E-state index contributed by atoms with van der Waals surface area (Å²) in [6.07, 6.45) is -1.87. The van der Waals surface area contributed by atoms with Crippen LogP contribution < -0.4 is 5.73 Å². The van der Waals surface area contributed by atoms with Crippen LogP contribution in [0.5, 0.6) is 0 Å². The van der Waals surface area contributed by atoms with Gasteiger partial charge in [0.15, 0.2) is 0 Å². The molecule has 0 aromatic carbocycles. The van der Waals surface area contributed by atoms with Crippen LogP contribution in [0.15, 0.2) is 4.63 Å². The van der Waals surface area contributed by atoms with Gasteiger partial charge in [0.05, 0.1) is 12.2 Å². The molecule has 2 unspecified atom stereocenters. The minimum atomic E-state index is -0.935. The van der Waals surface area contributed by atoms with Gasteiger partial charge in [0, 0.05) is 13.1 Å². The maximum absolute atomic E-state index is 11.7. The van der Waals surface area contributed by atoms with Gasteiger partial charge in [0.1, 0.15) is 0 Å². The second kappa shape index (κ2) is 3.48. The summed E-state index contributed by atoms with van der Waals surface area (Å²) in [7, 11) is 0. The number of aliphatic hydroxyl groups excluding tert-OH is 2. The molecular formula is C7H10N4O4. The van der Waals surface area contributed by atoms with E-state index in [0.717, 1.165) is 0 Å². The number of amides is 1. The second-order valence-corrected chi connectivity index (χ2v) is 3.34. The van der Waals surface area contributed by atoms with Gasteiger partial charge in [-0.15, -0.1) is 0 Å². The molecule has 8 heteroatoms. The number of likely N-dealkylation sites (tertiary alicyclic amines) is 1. The number of β-amino-alcohol motifs (C(OH)–C–C–N with tert-alkyl or cyclic N) is 2. The molecule has 1 aliphatic heterocycles. The summed E-state index contributed by atoms with van der Waals surface area (Å²) in [5, 5.41) is 25.1. The first kappa shape index (κ1) is 9.87. The van der Waals surface area contributed by atoms with E-state index in [9.17, 15) is 15.0 Å². The number of nitrogens with two attached hydrogens (primary N) is 1. The number of carbonyl (C=O) groups excluding carboxylic acids is 1. The van der Waals surface area contributed by atoms with Crippen LogP contribution in [-0.2, 0) is 0 Å². The monoisotopic (exact) mass is 214 g/mol. The maximum Gasteiger partial charge on any atom is 0.280 e. The molecule has 2 heterocycles. The van der Waals surface area contributed by atoms with Gasteiger partial charge in [-0.05, 0) is 10.3 Å². The third kappa shape index (κ3) is 1.64. The standard InChI is InChI=1S/C7H10N4O4/c8-6-5(9-15-10-6)7(14)11-1-3(12)4(13)2-11/h3-4,12-13H,1-2H2,(H2,8,10). The van der Waals surface area contributed by atoms with E-state index in [1.165, 1.54) is 4.90 Å². The van der Waals surface area contributed by atoms with Crippen LogP contribution in [0.2, 0.25) is 0 Å². The molecule has 1 aromatic rings. The van der Waals surface area contributed by atoms with Crippen LogP contribution in [0.3, 0.4) is 0 Å². The number of hydrogen-bond acceptors (Lipinski definition) is 7. The molecule has 15 heavy (non-hydrogen) atoms. The molecule has 0 saturated carbocycles. The Morgan fingerprint density at radius 3 is 2.47 bits per heavy atom. The van der Waals surface area contributed by atoms with Crippen molar-refractivity contribution in [1.29, 1.82) is 0 Å². The summed E-state index contributed by atoms with van der Waals surface area (Å²) in [6, 6.07) is 0. The number of aromatic nitrogens is 2. The summed E-state index contributed by atoms with van der Waals surface area (Å²) >= 11 is 0. The fraction of sp³-hybridized carbons (Fsp3) is 0.571. The first-order chi connectivity index (χ1) is 7.09. The van der Waals surface area contributed by atoms with Gasteiger partial charge in [0.2, 0.25) is 11.5 Å². The van der Waals surface area contributed by atoms with Crippen LogP contribution in [-0.4, -0.2) is 56.6 Å². The molecule has 0 bridgehead atoms. The lowest BCUT2D eigenvalue weighted by molar-refractivity contribution is 0.0572. The molecule has 82 valence electrons. The lowest BCUT2D eigenvalue weighted by atomic mass is 10.3. The largest absolute Gasteiger partial charge is 0.388 e. The Balaban J connectivity index is 2.13. The summed E-state index contributed by atoms with van der Waals surface area (Å²) in [4.78, 5) is 12.9. The lowest BCUT2D eigenvalue weighted by Crippen LogP contribution is -2.30. The van der Waals surface area contributed by atoms with Gasteiger partial charge in [-0.3, -0.25) is 4.79 Å². The van der Waals surface area contributed by atoms with Crippen LogP contribution in [0, 0.1) is 0 Å². The number of aliphatic hydroxyl groups is 2. The first-order valence-electron chi connectivity index (χ1n) is 4.33. The average molecular weight is 214 g/mol. The van der Waals surface area contributed by atoms with E-state index >= 15 is 0 Å². The Hall–Kier alpha value is -1.67. The van der Waals surface area contributed by atoms with E-state index in [0.29, 0.717) is 0 Å². The third-order valence-corrected chi connectivity index (χ3v) is 2.26. The van der Waals surface area contributed by atoms with Crippen LogP contribution in [0.4, 0.5) is 5.82 Å². The van der Waals surface area contributed by atoms with Crippen molar-refractivity contribution >= 4 is 11.7 Å². The molecule has 0 spiro atoms. The zero-order chi connectivity index (χ0) is 11.0. The van der Waals surface area contributed by atoms with Gasteiger partial charge in [0.25, 0.3) is 5.91 Å². The molecule has 2 atom stereocenters. The SMILES string of the molecule is Nc1nonc1C(=O)N1CC(O)C(O)C1. The Morgan fingerprint density at radius 2 is 2.00 bits per heavy atom. The van der Waals surface area contributed by atoms with Crippen molar-refractivity contribution in [2.24, 2.45) is 0 Å². The summed E-state index contributed by atoms with van der Waals surface area (Å²) in [5.41, 5.74) is 5.24.